The average Bonchev–Trinajstić information content (AvgIpc) is 3.03. The van der Waals surface area contributed by atoms with E-state index >= 15 is 0 Å². The van der Waals surface area contributed by atoms with Crippen molar-refractivity contribution in [2.75, 3.05) is 0 Å². The second-order valence-corrected chi connectivity index (χ2v) is 7.55. The summed E-state index contributed by atoms with van der Waals surface area (Å²) in [6.45, 7) is 6.32. The molecule has 1 N–H and O–H groups in total. The summed E-state index contributed by atoms with van der Waals surface area (Å²) in [5.41, 5.74) is 3.54. The average molecular weight is 317 g/mol. The van der Waals surface area contributed by atoms with E-state index in [-0.39, 0.29) is 11.9 Å². The van der Waals surface area contributed by atoms with Crippen molar-refractivity contribution in [3.05, 3.63) is 38.8 Å². The minimum atomic E-state index is -0.0285. The molecule has 1 aliphatic carbocycles. The SMILES string of the molecule is Cc1c([C@@H](C)NC(=O)c2cc3c(s2)CC[C@H](C)C3)cnn1C. The number of thiophene rings is 1. The van der Waals surface area contributed by atoms with E-state index in [1.807, 2.05) is 31.8 Å². The number of carbonyl (C=O) groups excluding carboxylic acids is 1. The van der Waals surface area contributed by atoms with Crippen molar-refractivity contribution in [2.24, 2.45) is 13.0 Å². The molecular weight excluding hydrogens is 294 g/mol. The van der Waals surface area contributed by atoms with Crippen LogP contribution in [0.1, 0.15) is 57.7 Å². The van der Waals surface area contributed by atoms with Gasteiger partial charge in [-0.25, -0.2) is 0 Å². The lowest BCUT2D eigenvalue weighted by atomic mass is 9.90. The van der Waals surface area contributed by atoms with Gasteiger partial charge in [-0.05, 0) is 50.7 Å². The molecular formula is C17H23N3OS. The van der Waals surface area contributed by atoms with E-state index in [0.29, 0.717) is 0 Å². The summed E-state index contributed by atoms with van der Waals surface area (Å²) in [7, 11) is 1.92. The lowest BCUT2D eigenvalue weighted by Crippen LogP contribution is -2.26. The highest BCUT2D eigenvalue weighted by Gasteiger charge is 2.22. The highest BCUT2D eigenvalue weighted by Crippen LogP contribution is 2.32. The first-order chi connectivity index (χ1) is 10.5. The smallest absolute Gasteiger partial charge is 0.261 e. The van der Waals surface area contributed by atoms with Crippen LogP contribution in [0.4, 0.5) is 0 Å². The Morgan fingerprint density at radius 1 is 1.55 bits per heavy atom. The molecule has 4 nitrogen and oxygen atoms in total. The molecule has 2 aromatic heterocycles. The van der Waals surface area contributed by atoms with Crippen LogP contribution in [0.5, 0.6) is 0 Å². The van der Waals surface area contributed by atoms with E-state index in [1.165, 1.54) is 16.9 Å². The fourth-order valence-corrected chi connectivity index (χ4v) is 4.22. The van der Waals surface area contributed by atoms with Gasteiger partial charge in [0, 0.05) is 23.2 Å². The fourth-order valence-electron chi connectivity index (χ4n) is 3.10. The molecule has 0 aliphatic heterocycles. The Kier molecular flexibility index (Phi) is 4.08. The number of aryl methyl sites for hydroxylation is 2. The summed E-state index contributed by atoms with van der Waals surface area (Å²) >= 11 is 1.66. The van der Waals surface area contributed by atoms with Crippen LogP contribution < -0.4 is 5.32 Å². The van der Waals surface area contributed by atoms with E-state index < -0.39 is 0 Å². The summed E-state index contributed by atoms with van der Waals surface area (Å²) in [6, 6.07) is 2.06. The quantitative estimate of drug-likeness (QED) is 0.943. The molecule has 0 saturated heterocycles. The third kappa shape index (κ3) is 2.82. The Bertz CT molecular complexity index is 701. The summed E-state index contributed by atoms with van der Waals surface area (Å²) in [5.74, 6) is 0.762. The molecule has 0 saturated carbocycles. The number of hydrogen-bond donors (Lipinski definition) is 1. The Balaban J connectivity index is 1.73. The van der Waals surface area contributed by atoms with Gasteiger partial charge in [-0.3, -0.25) is 9.48 Å². The summed E-state index contributed by atoms with van der Waals surface area (Å²) in [5, 5.41) is 7.35. The molecule has 0 spiro atoms. The zero-order valence-corrected chi connectivity index (χ0v) is 14.5. The molecule has 5 heteroatoms. The molecule has 3 rings (SSSR count). The summed E-state index contributed by atoms with van der Waals surface area (Å²) in [6.07, 6.45) is 5.29. The molecule has 118 valence electrons. The molecule has 22 heavy (non-hydrogen) atoms. The maximum absolute atomic E-state index is 12.5. The lowest BCUT2D eigenvalue weighted by Gasteiger charge is -2.16. The Morgan fingerprint density at radius 3 is 3.00 bits per heavy atom. The topological polar surface area (TPSA) is 46.9 Å². The summed E-state index contributed by atoms with van der Waals surface area (Å²) in [4.78, 5) is 14.8. The Morgan fingerprint density at radius 2 is 2.32 bits per heavy atom. The lowest BCUT2D eigenvalue weighted by molar-refractivity contribution is 0.0944. The maximum atomic E-state index is 12.5. The van der Waals surface area contributed by atoms with Crippen LogP contribution in [0.15, 0.2) is 12.3 Å². The number of amides is 1. The first-order valence-corrected chi connectivity index (χ1v) is 8.68. The zero-order valence-electron chi connectivity index (χ0n) is 13.6. The van der Waals surface area contributed by atoms with Gasteiger partial charge in [-0.2, -0.15) is 5.10 Å². The van der Waals surface area contributed by atoms with E-state index in [1.54, 1.807) is 11.3 Å². The van der Waals surface area contributed by atoms with Gasteiger partial charge in [0.15, 0.2) is 0 Å². The number of hydrogen-bond acceptors (Lipinski definition) is 3. The van der Waals surface area contributed by atoms with Crippen molar-refractivity contribution in [1.82, 2.24) is 15.1 Å². The third-order valence-electron chi connectivity index (χ3n) is 4.64. The van der Waals surface area contributed by atoms with Crippen molar-refractivity contribution in [2.45, 2.75) is 46.1 Å². The highest BCUT2D eigenvalue weighted by atomic mass is 32.1. The molecule has 1 amide bonds. The largest absolute Gasteiger partial charge is 0.345 e. The van der Waals surface area contributed by atoms with Gasteiger partial charge in [0.25, 0.3) is 5.91 Å². The van der Waals surface area contributed by atoms with Crippen LogP contribution in [0, 0.1) is 12.8 Å². The number of nitrogens with zero attached hydrogens (tertiary/aromatic N) is 2. The van der Waals surface area contributed by atoms with Crippen LogP contribution >= 0.6 is 11.3 Å². The molecule has 2 heterocycles. The summed E-state index contributed by atoms with van der Waals surface area (Å²) < 4.78 is 1.84. The van der Waals surface area contributed by atoms with Crippen LogP contribution in [0.2, 0.25) is 0 Å². The Hall–Kier alpha value is -1.62. The van der Waals surface area contributed by atoms with Crippen LogP contribution in [0.25, 0.3) is 0 Å². The highest BCUT2D eigenvalue weighted by molar-refractivity contribution is 7.14. The van der Waals surface area contributed by atoms with Crippen molar-refractivity contribution >= 4 is 17.2 Å². The van der Waals surface area contributed by atoms with Gasteiger partial charge in [0.05, 0.1) is 17.1 Å². The fraction of sp³-hybridized carbons (Fsp3) is 0.529. The first kappa shape index (κ1) is 15.3. The molecule has 1 aliphatic rings. The number of aromatic nitrogens is 2. The molecule has 2 atom stereocenters. The Labute approximate surface area is 135 Å². The molecule has 0 aromatic carbocycles. The molecule has 0 bridgehead atoms. The maximum Gasteiger partial charge on any atom is 0.261 e. The van der Waals surface area contributed by atoms with Crippen LogP contribution in [-0.2, 0) is 19.9 Å². The van der Waals surface area contributed by atoms with E-state index in [4.69, 9.17) is 0 Å². The van der Waals surface area contributed by atoms with Crippen molar-refractivity contribution in [3.63, 3.8) is 0 Å². The number of rotatable bonds is 3. The molecule has 0 fully saturated rings. The molecule has 2 aromatic rings. The predicted molar refractivity (Wildman–Crippen MR) is 89.3 cm³/mol. The zero-order chi connectivity index (χ0) is 15.9. The second-order valence-electron chi connectivity index (χ2n) is 6.41. The number of fused-ring (bicyclic) bond motifs is 1. The standard InChI is InChI=1S/C17H23N3OS/c1-10-5-6-15-13(7-10)8-16(22-15)17(21)19-11(2)14-9-18-20(4)12(14)3/h8-11H,5-7H2,1-4H3,(H,19,21)/t10-,11+/m0/s1. The normalized spacial score (nSPS) is 18.8. The second kappa shape index (κ2) is 5.88. The van der Waals surface area contributed by atoms with Gasteiger partial charge in [0.2, 0.25) is 0 Å². The number of carbonyl (C=O) groups is 1. The van der Waals surface area contributed by atoms with Gasteiger partial charge in [0.1, 0.15) is 0 Å². The molecule has 0 unspecified atom stereocenters. The minimum absolute atomic E-state index is 0.0285. The van der Waals surface area contributed by atoms with Gasteiger partial charge in [-0.1, -0.05) is 6.92 Å². The van der Waals surface area contributed by atoms with Crippen molar-refractivity contribution in [3.8, 4) is 0 Å². The van der Waals surface area contributed by atoms with Crippen LogP contribution in [-0.4, -0.2) is 15.7 Å². The minimum Gasteiger partial charge on any atom is -0.345 e. The van der Waals surface area contributed by atoms with Gasteiger partial charge < -0.3 is 5.32 Å². The molecule has 0 radical (unpaired) electrons. The first-order valence-electron chi connectivity index (χ1n) is 7.86. The number of nitrogens with one attached hydrogen (secondary N) is 1. The van der Waals surface area contributed by atoms with E-state index in [0.717, 1.165) is 34.9 Å². The van der Waals surface area contributed by atoms with Crippen molar-refractivity contribution < 1.29 is 4.79 Å². The van der Waals surface area contributed by atoms with E-state index in [9.17, 15) is 4.79 Å². The van der Waals surface area contributed by atoms with Crippen molar-refractivity contribution in [1.29, 1.82) is 0 Å². The van der Waals surface area contributed by atoms with E-state index in [2.05, 4.69) is 23.4 Å². The van der Waals surface area contributed by atoms with Crippen LogP contribution in [0.3, 0.4) is 0 Å². The predicted octanol–water partition coefficient (Wildman–Crippen LogP) is 3.41. The monoisotopic (exact) mass is 317 g/mol. The van der Waals surface area contributed by atoms with Gasteiger partial charge >= 0.3 is 0 Å². The van der Waals surface area contributed by atoms with Gasteiger partial charge in [-0.15, -0.1) is 11.3 Å². The third-order valence-corrected chi connectivity index (χ3v) is 5.88.